The number of nitrogens with one attached hydrogen (secondary N) is 3. The standard InChI is InChI=1S/C19H17N7OS/c27-18(13-2-1-3-14(10-13)26-16-11-20-5-6-21-16)23-8-7-22-17-15-4-9-28-19(15)25-12-24-17/h1-6,9-12H,7-8H2,(H,21,26)(H,23,27)(H,22,24,25). The van der Waals surface area contributed by atoms with Gasteiger partial charge in [0.1, 0.15) is 22.8 Å². The Labute approximate surface area is 165 Å². The van der Waals surface area contributed by atoms with Crippen molar-refractivity contribution >= 4 is 44.8 Å². The lowest BCUT2D eigenvalue weighted by Crippen LogP contribution is -2.28. The van der Waals surface area contributed by atoms with E-state index in [2.05, 4.69) is 35.9 Å². The first-order valence-electron chi connectivity index (χ1n) is 8.63. The number of carbonyl (C=O) groups excluding carboxylic acids is 1. The van der Waals surface area contributed by atoms with Crippen LogP contribution in [0.4, 0.5) is 17.3 Å². The zero-order chi connectivity index (χ0) is 19.2. The van der Waals surface area contributed by atoms with Crippen LogP contribution in [0.5, 0.6) is 0 Å². The van der Waals surface area contributed by atoms with Gasteiger partial charge < -0.3 is 16.0 Å². The van der Waals surface area contributed by atoms with Crippen LogP contribution >= 0.6 is 11.3 Å². The molecule has 0 unspecified atom stereocenters. The van der Waals surface area contributed by atoms with Gasteiger partial charge in [0.15, 0.2) is 0 Å². The summed E-state index contributed by atoms with van der Waals surface area (Å²) in [6.45, 7) is 1.03. The third kappa shape index (κ3) is 4.21. The summed E-state index contributed by atoms with van der Waals surface area (Å²) in [6, 6.07) is 9.21. The Morgan fingerprint density at radius 3 is 2.93 bits per heavy atom. The van der Waals surface area contributed by atoms with E-state index in [4.69, 9.17) is 0 Å². The van der Waals surface area contributed by atoms with Gasteiger partial charge in [-0.3, -0.25) is 9.78 Å². The molecule has 0 fully saturated rings. The third-order valence-electron chi connectivity index (χ3n) is 3.93. The van der Waals surface area contributed by atoms with Crippen molar-refractivity contribution in [3.05, 3.63) is 66.2 Å². The van der Waals surface area contributed by atoms with E-state index in [0.717, 1.165) is 21.7 Å². The van der Waals surface area contributed by atoms with E-state index < -0.39 is 0 Å². The zero-order valence-electron chi connectivity index (χ0n) is 14.8. The number of aromatic nitrogens is 4. The van der Waals surface area contributed by atoms with Gasteiger partial charge >= 0.3 is 0 Å². The molecule has 3 N–H and O–H groups in total. The Kier molecular flexibility index (Phi) is 5.34. The molecule has 0 atom stereocenters. The second-order valence-corrected chi connectivity index (χ2v) is 6.74. The molecule has 4 aromatic rings. The molecule has 0 saturated carbocycles. The van der Waals surface area contributed by atoms with Gasteiger partial charge in [-0.05, 0) is 29.6 Å². The monoisotopic (exact) mass is 391 g/mol. The minimum atomic E-state index is -0.145. The second kappa shape index (κ2) is 8.40. The molecular formula is C19H17N7OS. The van der Waals surface area contributed by atoms with Crippen molar-refractivity contribution in [2.24, 2.45) is 0 Å². The van der Waals surface area contributed by atoms with Gasteiger partial charge in [0, 0.05) is 36.7 Å². The summed E-state index contributed by atoms with van der Waals surface area (Å²) in [7, 11) is 0. The number of carbonyl (C=O) groups is 1. The summed E-state index contributed by atoms with van der Waals surface area (Å²) in [5, 5.41) is 12.2. The minimum Gasteiger partial charge on any atom is -0.368 e. The van der Waals surface area contributed by atoms with Crippen LogP contribution in [0.3, 0.4) is 0 Å². The SMILES string of the molecule is O=C(NCCNc1ncnc2sccc12)c1cccc(Nc2cnccn2)c1. The summed E-state index contributed by atoms with van der Waals surface area (Å²) in [5.74, 6) is 1.25. The quantitative estimate of drug-likeness (QED) is 0.416. The van der Waals surface area contributed by atoms with Gasteiger partial charge in [0.05, 0.1) is 11.6 Å². The lowest BCUT2D eigenvalue weighted by molar-refractivity contribution is 0.0955. The molecule has 28 heavy (non-hydrogen) atoms. The van der Waals surface area contributed by atoms with Gasteiger partial charge in [0.2, 0.25) is 0 Å². The Bertz CT molecular complexity index is 1080. The van der Waals surface area contributed by atoms with E-state index in [1.54, 1.807) is 42.1 Å². The number of rotatable bonds is 7. The predicted octanol–water partition coefficient (Wildman–Crippen LogP) is 3.07. The Balaban J connectivity index is 1.31. The van der Waals surface area contributed by atoms with Crippen molar-refractivity contribution in [2.45, 2.75) is 0 Å². The number of thiophene rings is 1. The fraction of sp³-hybridized carbons (Fsp3) is 0.105. The number of benzene rings is 1. The van der Waals surface area contributed by atoms with E-state index in [-0.39, 0.29) is 5.91 Å². The highest BCUT2D eigenvalue weighted by Crippen LogP contribution is 2.23. The Morgan fingerprint density at radius 2 is 2.04 bits per heavy atom. The molecule has 1 aromatic carbocycles. The number of hydrogen-bond donors (Lipinski definition) is 3. The molecular weight excluding hydrogens is 374 g/mol. The normalized spacial score (nSPS) is 10.6. The maximum Gasteiger partial charge on any atom is 0.251 e. The first-order valence-corrected chi connectivity index (χ1v) is 9.51. The van der Waals surface area contributed by atoms with Crippen LogP contribution in [-0.4, -0.2) is 38.9 Å². The highest BCUT2D eigenvalue weighted by molar-refractivity contribution is 7.16. The lowest BCUT2D eigenvalue weighted by Gasteiger charge is -2.09. The molecule has 0 saturated heterocycles. The van der Waals surface area contributed by atoms with Crippen molar-refractivity contribution in [3.8, 4) is 0 Å². The van der Waals surface area contributed by atoms with Crippen LogP contribution < -0.4 is 16.0 Å². The van der Waals surface area contributed by atoms with Crippen molar-refractivity contribution in [3.63, 3.8) is 0 Å². The van der Waals surface area contributed by atoms with Crippen LogP contribution in [0, 0.1) is 0 Å². The Morgan fingerprint density at radius 1 is 1.07 bits per heavy atom. The van der Waals surface area contributed by atoms with Gasteiger partial charge in [-0.1, -0.05) is 6.07 Å². The number of hydrogen-bond acceptors (Lipinski definition) is 8. The molecule has 8 nitrogen and oxygen atoms in total. The number of nitrogens with zero attached hydrogens (tertiary/aromatic N) is 4. The van der Waals surface area contributed by atoms with Gasteiger partial charge in [-0.15, -0.1) is 11.3 Å². The topological polar surface area (TPSA) is 105 Å². The molecule has 0 aliphatic rings. The number of anilines is 3. The average molecular weight is 391 g/mol. The lowest BCUT2D eigenvalue weighted by atomic mass is 10.2. The second-order valence-electron chi connectivity index (χ2n) is 5.84. The van der Waals surface area contributed by atoms with E-state index in [1.165, 1.54) is 6.33 Å². The van der Waals surface area contributed by atoms with Crippen LogP contribution in [0.1, 0.15) is 10.4 Å². The summed E-state index contributed by atoms with van der Waals surface area (Å²) < 4.78 is 0. The summed E-state index contributed by atoms with van der Waals surface area (Å²) in [6.07, 6.45) is 6.37. The largest absolute Gasteiger partial charge is 0.368 e. The van der Waals surface area contributed by atoms with E-state index in [1.807, 2.05) is 23.6 Å². The molecule has 1 amide bonds. The predicted molar refractivity (Wildman–Crippen MR) is 110 cm³/mol. The summed E-state index contributed by atoms with van der Waals surface area (Å²) in [5.41, 5.74) is 1.34. The van der Waals surface area contributed by atoms with Gasteiger partial charge in [-0.25, -0.2) is 15.0 Å². The van der Waals surface area contributed by atoms with Crippen molar-refractivity contribution in [1.82, 2.24) is 25.3 Å². The molecule has 0 spiro atoms. The first kappa shape index (κ1) is 17.8. The number of amides is 1. The number of fused-ring (bicyclic) bond motifs is 1. The maximum atomic E-state index is 12.4. The third-order valence-corrected chi connectivity index (χ3v) is 4.75. The smallest absolute Gasteiger partial charge is 0.251 e. The maximum absolute atomic E-state index is 12.4. The van der Waals surface area contributed by atoms with Gasteiger partial charge in [-0.2, -0.15) is 0 Å². The first-order chi connectivity index (χ1) is 13.8. The molecule has 140 valence electrons. The van der Waals surface area contributed by atoms with Crippen LogP contribution in [0.25, 0.3) is 10.2 Å². The fourth-order valence-corrected chi connectivity index (χ4v) is 3.37. The van der Waals surface area contributed by atoms with Crippen LogP contribution in [0.2, 0.25) is 0 Å². The molecule has 0 bridgehead atoms. The van der Waals surface area contributed by atoms with Crippen molar-refractivity contribution in [2.75, 3.05) is 23.7 Å². The van der Waals surface area contributed by atoms with E-state index >= 15 is 0 Å². The van der Waals surface area contributed by atoms with Crippen molar-refractivity contribution in [1.29, 1.82) is 0 Å². The molecule has 0 aliphatic carbocycles. The van der Waals surface area contributed by atoms with Crippen molar-refractivity contribution < 1.29 is 4.79 Å². The highest BCUT2D eigenvalue weighted by atomic mass is 32.1. The molecule has 3 aromatic heterocycles. The molecule has 0 radical (unpaired) electrons. The molecule has 9 heteroatoms. The minimum absolute atomic E-state index is 0.145. The molecule has 4 rings (SSSR count). The summed E-state index contributed by atoms with van der Waals surface area (Å²) in [4.78, 5) is 30.0. The fourth-order valence-electron chi connectivity index (χ4n) is 2.64. The summed E-state index contributed by atoms with van der Waals surface area (Å²) >= 11 is 1.57. The average Bonchev–Trinajstić information content (AvgIpc) is 3.22. The van der Waals surface area contributed by atoms with Crippen LogP contribution in [-0.2, 0) is 0 Å². The molecule has 0 aliphatic heterocycles. The molecule has 3 heterocycles. The Hall–Kier alpha value is -3.59. The van der Waals surface area contributed by atoms with Gasteiger partial charge in [0.25, 0.3) is 5.91 Å². The van der Waals surface area contributed by atoms with E-state index in [9.17, 15) is 4.79 Å². The zero-order valence-corrected chi connectivity index (χ0v) is 15.6. The van der Waals surface area contributed by atoms with E-state index in [0.29, 0.717) is 24.5 Å². The van der Waals surface area contributed by atoms with Crippen LogP contribution in [0.15, 0.2) is 60.6 Å². The highest BCUT2D eigenvalue weighted by Gasteiger charge is 2.07.